The first-order valence-corrected chi connectivity index (χ1v) is 10.5. The van der Waals surface area contributed by atoms with Crippen molar-refractivity contribution in [3.8, 4) is 0 Å². The largest absolute Gasteiger partial charge is 0.342 e. The molecule has 1 aliphatic heterocycles. The van der Waals surface area contributed by atoms with Crippen LogP contribution in [-0.4, -0.2) is 81.8 Å². The monoisotopic (exact) mass is 420 g/mol. The molecule has 1 N–H and O–H groups in total. The summed E-state index contributed by atoms with van der Waals surface area (Å²) in [5.74, 6) is 0.153. The van der Waals surface area contributed by atoms with E-state index in [1.807, 2.05) is 40.3 Å². The molecule has 3 amide bonds. The molecule has 0 bridgehead atoms. The Balaban J connectivity index is 1.49. The van der Waals surface area contributed by atoms with Gasteiger partial charge >= 0.3 is 6.03 Å². The molecule has 3 heterocycles. The molecular formula is C20H29ClN6O2. The van der Waals surface area contributed by atoms with Crippen LogP contribution in [0.2, 0.25) is 5.02 Å². The first kappa shape index (κ1) is 21.4. The van der Waals surface area contributed by atoms with Gasteiger partial charge in [0.05, 0.1) is 23.8 Å². The summed E-state index contributed by atoms with van der Waals surface area (Å²) in [7, 11) is 0. The standard InChI is InChI=1S/C20H29ClN6O2/c1-3-25(4-2)19(28)15-24-8-5-9-26(11-10-24)20(29)22-12-17-14-27-13-16(21)6-7-18(27)23-17/h6-7,13-14H,3-5,8-12,15H2,1-2H3,(H,22,29). The molecule has 0 atom stereocenters. The molecule has 0 radical (unpaired) electrons. The average Bonchev–Trinajstić information content (AvgIpc) is 2.96. The van der Waals surface area contributed by atoms with Crippen LogP contribution < -0.4 is 5.32 Å². The number of carbonyl (C=O) groups is 2. The number of imidazole rings is 1. The van der Waals surface area contributed by atoms with Crippen LogP contribution in [0.1, 0.15) is 26.0 Å². The van der Waals surface area contributed by atoms with Crippen LogP contribution in [0.25, 0.3) is 5.65 Å². The predicted octanol–water partition coefficient (Wildman–Crippen LogP) is 2.07. The van der Waals surface area contributed by atoms with E-state index >= 15 is 0 Å². The fourth-order valence-electron chi connectivity index (χ4n) is 3.58. The van der Waals surface area contributed by atoms with Gasteiger partial charge in [0.1, 0.15) is 5.65 Å². The Hall–Kier alpha value is -2.32. The average molecular weight is 421 g/mol. The summed E-state index contributed by atoms with van der Waals surface area (Å²) in [6.45, 7) is 9.04. The van der Waals surface area contributed by atoms with E-state index in [1.54, 1.807) is 12.3 Å². The van der Waals surface area contributed by atoms with Crippen molar-refractivity contribution in [2.45, 2.75) is 26.8 Å². The number of rotatable bonds is 6. The smallest absolute Gasteiger partial charge is 0.317 e. The molecular weight excluding hydrogens is 392 g/mol. The zero-order valence-electron chi connectivity index (χ0n) is 17.1. The molecule has 8 nitrogen and oxygen atoms in total. The number of urea groups is 1. The molecule has 0 unspecified atom stereocenters. The molecule has 1 saturated heterocycles. The number of hydrogen-bond donors (Lipinski definition) is 1. The van der Waals surface area contributed by atoms with Gasteiger partial charge < -0.3 is 19.5 Å². The van der Waals surface area contributed by atoms with Crippen LogP contribution in [0.4, 0.5) is 4.79 Å². The molecule has 29 heavy (non-hydrogen) atoms. The van der Waals surface area contributed by atoms with Gasteiger partial charge in [0.25, 0.3) is 0 Å². The summed E-state index contributed by atoms with van der Waals surface area (Å²) >= 11 is 6.00. The lowest BCUT2D eigenvalue weighted by Crippen LogP contribution is -2.43. The Morgan fingerprint density at radius 1 is 1.14 bits per heavy atom. The second-order valence-electron chi connectivity index (χ2n) is 7.19. The fourth-order valence-corrected chi connectivity index (χ4v) is 3.75. The van der Waals surface area contributed by atoms with Gasteiger partial charge in [-0.3, -0.25) is 9.69 Å². The van der Waals surface area contributed by atoms with E-state index in [2.05, 4.69) is 15.2 Å². The molecule has 0 saturated carbocycles. The lowest BCUT2D eigenvalue weighted by molar-refractivity contribution is -0.132. The fraction of sp³-hybridized carbons (Fsp3) is 0.550. The zero-order chi connectivity index (χ0) is 20.8. The first-order valence-electron chi connectivity index (χ1n) is 10.2. The number of carbonyl (C=O) groups excluding carboxylic acids is 2. The molecule has 1 fully saturated rings. The number of halogens is 1. The lowest BCUT2D eigenvalue weighted by Gasteiger charge is -2.25. The Labute approximate surface area is 176 Å². The maximum Gasteiger partial charge on any atom is 0.317 e. The van der Waals surface area contributed by atoms with Crippen LogP contribution in [0, 0.1) is 0 Å². The van der Waals surface area contributed by atoms with E-state index in [1.165, 1.54) is 0 Å². The number of likely N-dealkylation sites (N-methyl/N-ethyl adjacent to an activating group) is 1. The SMILES string of the molecule is CCN(CC)C(=O)CN1CCCN(C(=O)NCc2cn3cc(Cl)ccc3n2)CC1. The number of fused-ring (bicyclic) bond motifs is 1. The van der Waals surface area contributed by atoms with E-state index in [4.69, 9.17) is 11.6 Å². The summed E-state index contributed by atoms with van der Waals surface area (Å²) < 4.78 is 1.85. The van der Waals surface area contributed by atoms with Crippen LogP contribution >= 0.6 is 11.6 Å². The van der Waals surface area contributed by atoms with Gasteiger partial charge in [-0.2, -0.15) is 0 Å². The predicted molar refractivity (Wildman–Crippen MR) is 113 cm³/mol. The highest BCUT2D eigenvalue weighted by Gasteiger charge is 2.21. The van der Waals surface area contributed by atoms with Crippen molar-refractivity contribution in [3.05, 3.63) is 35.2 Å². The van der Waals surface area contributed by atoms with E-state index in [9.17, 15) is 9.59 Å². The van der Waals surface area contributed by atoms with Gasteiger partial charge in [-0.25, -0.2) is 9.78 Å². The zero-order valence-corrected chi connectivity index (χ0v) is 17.9. The van der Waals surface area contributed by atoms with Gasteiger partial charge in [-0.15, -0.1) is 0 Å². The Morgan fingerprint density at radius 3 is 2.69 bits per heavy atom. The van der Waals surface area contributed by atoms with Crippen LogP contribution in [-0.2, 0) is 11.3 Å². The highest BCUT2D eigenvalue weighted by Crippen LogP contribution is 2.12. The minimum atomic E-state index is -0.1000. The second kappa shape index (κ2) is 9.93. The maximum absolute atomic E-state index is 12.6. The Morgan fingerprint density at radius 2 is 1.93 bits per heavy atom. The van der Waals surface area contributed by atoms with Gasteiger partial charge in [0.15, 0.2) is 0 Å². The van der Waals surface area contributed by atoms with Crippen LogP contribution in [0.3, 0.4) is 0 Å². The molecule has 2 aromatic rings. The number of nitrogens with zero attached hydrogens (tertiary/aromatic N) is 5. The number of hydrogen-bond acceptors (Lipinski definition) is 4. The third kappa shape index (κ3) is 5.61. The van der Waals surface area contributed by atoms with Crippen molar-refractivity contribution in [2.24, 2.45) is 0 Å². The van der Waals surface area contributed by atoms with Crippen molar-refractivity contribution in [1.82, 2.24) is 29.4 Å². The van der Waals surface area contributed by atoms with E-state index in [0.29, 0.717) is 37.7 Å². The number of aromatic nitrogens is 2. The molecule has 2 aromatic heterocycles. The third-order valence-electron chi connectivity index (χ3n) is 5.24. The number of pyridine rings is 1. The van der Waals surface area contributed by atoms with E-state index in [-0.39, 0.29) is 11.9 Å². The summed E-state index contributed by atoms with van der Waals surface area (Å²) in [4.78, 5) is 35.2. The lowest BCUT2D eigenvalue weighted by atomic mass is 10.3. The van der Waals surface area contributed by atoms with Gasteiger partial charge in [-0.1, -0.05) is 11.6 Å². The van der Waals surface area contributed by atoms with Crippen LogP contribution in [0.15, 0.2) is 24.5 Å². The normalized spacial score (nSPS) is 15.3. The molecule has 1 aliphatic rings. The minimum Gasteiger partial charge on any atom is -0.342 e. The minimum absolute atomic E-state index is 0.1000. The Kier molecular flexibility index (Phi) is 7.33. The Bertz CT molecular complexity index is 851. The van der Waals surface area contributed by atoms with Crippen molar-refractivity contribution >= 4 is 29.2 Å². The number of amides is 3. The highest BCUT2D eigenvalue weighted by atomic mass is 35.5. The van der Waals surface area contributed by atoms with Crippen molar-refractivity contribution < 1.29 is 9.59 Å². The molecule has 0 spiro atoms. The molecule has 0 aromatic carbocycles. The van der Waals surface area contributed by atoms with E-state index in [0.717, 1.165) is 37.4 Å². The summed E-state index contributed by atoms with van der Waals surface area (Å²) in [6, 6.07) is 3.54. The highest BCUT2D eigenvalue weighted by molar-refractivity contribution is 6.30. The molecule has 0 aliphatic carbocycles. The van der Waals surface area contributed by atoms with Gasteiger partial charge in [-0.05, 0) is 32.4 Å². The third-order valence-corrected chi connectivity index (χ3v) is 5.46. The first-order chi connectivity index (χ1) is 14.0. The number of nitrogens with one attached hydrogen (secondary N) is 1. The van der Waals surface area contributed by atoms with Gasteiger partial charge in [0.2, 0.25) is 5.91 Å². The topological polar surface area (TPSA) is 73.2 Å². The molecule has 3 rings (SSSR count). The van der Waals surface area contributed by atoms with Crippen molar-refractivity contribution in [2.75, 3.05) is 45.8 Å². The maximum atomic E-state index is 12.6. The van der Waals surface area contributed by atoms with Crippen molar-refractivity contribution in [3.63, 3.8) is 0 Å². The van der Waals surface area contributed by atoms with Gasteiger partial charge in [0, 0.05) is 51.7 Å². The van der Waals surface area contributed by atoms with Crippen LogP contribution in [0.5, 0.6) is 0 Å². The van der Waals surface area contributed by atoms with Crippen molar-refractivity contribution in [1.29, 1.82) is 0 Å². The quantitative estimate of drug-likeness (QED) is 0.776. The molecule has 158 valence electrons. The summed E-state index contributed by atoms with van der Waals surface area (Å²) in [5, 5.41) is 3.59. The molecule has 9 heteroatoms. The van der Waals surface area contributed by atoms with E-state index < -0.39 is 0 Å². The second-order valence-corrected chi connectivity index (χ2v) is 7.62. The summed E-state index contributed by atoms with van der Waals surface area (Å²) in [6.07, 6.45) is 4.51. The summed E-state index contributed by atoms with van der Waals surface area (Å²) in [5.41, 5.74) is 1.57.